The van der Waals surface area contributed by atoms with Crippen LogP contribution in [0.1, 0.15) is 60.3 Å². The predicted molar refractivity (Wildman–Crippen MR) is 83.5 cm³/mol. The largest absolute Gasteiger partial charge is 0.433 e. The molecule has 0 spiro atoms. The van der Waals surface area contributed by atoms with Crippen molar-refractivity contribution in [3.8, 4) is 0 Å². The third kappa shape index (κ3) is 3.14. The summed E-state index contributed by atoms with van der Waals surface area (Å²) in [4.78, 5) is 0. The van der Waals surface area contributed by atoms with E-state index >= 15 is 0 Å². The van der Waals surface area contributed by atoms with Gasteiger partial charge in [-0.2, -0.15) is 18.3 Å². The van der Waals surface area contributed by atoms with Gasteiger partial charge < -0.3 is 0 Å². The zero-order chi connectivity index (χ0) is 16.6. The Morgan fingerprint density at radius 1 is 1.13 bits per heavy atom. The molecule has 2 aromatic rings. The van der Waals surface area contributed by atoms with Crippen LogP contribution in [0, 0.1) is 6.92 Å². The van der Waals surface area contributed by atoms with Gasteiger partial charge in [0.1, 0.15) is 5.69 Å². The van der Waals surface area contributed by atoms with E-state index in [0.717, 1.165) is 31.2 Å². The minimum atomic E-state index is -4.37. The van der Waals surface area contributed by atoms with Crippen LogP contribution >= 0.6 is 0 Å². The third-order valence-electron chi connectivity index (χ3n) is 4.71. The van der Waals surface area contributed by atoms with Crippen LogP contribution < -0.4 is 0 Å². The van der Waals surface area contributed by atoms with Gasteiger partial charge in [0.05, 0.1) is 11.7 Å². The first-order valence-electron chi connectivity index (χ1n) is 8.13. The lowest BCUT2D eigenvalue weighted by Crippen LogP contribution is -2.25. The second-order valence-electron chi connectivity index (χ2n) is 6.29. The molecule has 1 fully saturated rings. The lowest BCUT2D eigenvalue weighted by atomic mass is 9.92. The van der Waals surface area contributed by atoms with Crippen molar-refractivity contribution >= 4 is 0 Å². The van der Waals surface area contributed by atoms with E-state index in [1.54, 1.807) is 6.92 Å². The molecule has 0 bridgehead atoms. The molecule has 0 atom stereocenters. The summed E-state index contributed by atoms with van der Waals surface area (Å²) in [7, 11) is 0. The highest BCUT2D eigenvalue weighted by Gasteiger charge is 2.41. The maximum Gasteiger partial charge on any atom is 0.433 e. The molecule has 0 unspecified atom stereocenters. The highest BCUT2D eigenvalue weighted by molar-refractivity contribution is 5.35. The number of rotatable bonds is 4. The van der Waals surface area contributed by atoms with E-state index < -0.39 is 11.9 Å². The molecule has 23 heavy (non-hydrogen) atoms. The topological polar surface area (TPSA) is 17.8 Å². The number of halogens is 3. The zero-order valence-corrected chi connectivity index (χ0v) is 13.5. The Labute approximate surface area is 134 Å². The van der Waals surface area contributed by atoms with Gasteiger partial charge in [0, 0.05) is 12.0 Å². The van der Waals surface area contributed by atoms with Crippen LogP contribution in [-0.2, 0) is 19.0 Å². The molecule has 1 aromatic heterocycles. The van der Waals surface area contributed by atoms with Crippen LogP contribution in [0.25, 0.3) is 0 Å². The average Bonchev–Trinajstić information content (AvgIpc) is 2.74. The van der Waals surface area contributed by atoms with Gasteiger partial charge in [0.15, 0.2) is 0 Å². The second-order valence-corrected chi connectivity index (χ2v) is 6.29. The van der Waals surface area contributed by atoms with Gasteiger partial charge in [0.25, 0.3) is 0 Å². The van der Waals surface area contributed by atoms with Gasteiger partial charge in [0.2, 0.25) is 0 Å². The number of benzene rings is 1. The van der Waals surface area contributed by atoms with Crippen molar-refractivity contribution in [1.29, 1.82) is 0 Å². The Morgan fingerprint density at radius 2 is 1.74 bits per heavy atom. The quantitative estimate of drug-likeness (QED) is 0.767. The minimum absolute atomic E-state index is 0.0958. The van der Waals surface area contributed by atoms with E-state index in [2.05, 4.69) is 12.0 Å². The van der Waals surface area contributed by atoms with Crippen LogP contribution in [0.3, 0.4) is 0 Å². The Morgan fingerprint density at radius 3 is 2.22 bits per heavy atom. The highest BCUT2D eigenvalue weighted by Crippen LogP contribution is 2.40. The molecule has 1 saturated carbocycles. The molecule has 124 valence electrons. The number of nitrogens with zero attached hydrogens (tertiary/aromatic N) is 2. The van der Waals surface area contributed by atoms with E-state index in [1.807, 2.05) is 24.3 Å². The van der Waals surface area contributed by atoms with Crippen LogP contribution in [0.15, 0.2) is 24.3 Å². The molecule has 1 heterocycles. The van der Waals surface area contributed by atoms with Crippen molar-refractivity contribution in [1.82, 2.24) is 9.78 Å². The summed E-state index contributed by atoms with van der Waals surface area (Å²) >= 11 is 0. The summed E-state index contributed by atoms with van der Waals surface area (Å²) in [6.45, 7) is 3.74. The molecule has 5 heteroatoms. The SMILES string of the molecule is CCc1ccc(Cc2c(C)nn(C3CCC3)c2C(F)(F)F)cc1. The molecular weight excluding hydrogens is 301 g/mol. The summed E-state index contributed by atoms with van der Waals surface area (Å²) in [5, 5.41) is 4.23. The van der Waals surface area contributed by atoms with Gasteiger partial charge in [-0.15, -0.1) is 0 Å². The standard InChI is InChI=1S/C18H21F3N2/c1-3-13-7-9-14(10-8-13)11-16-12(2)22-23(15-5-4-6-15)17(16)18(19,20)21/h7-10,15H,3-6,11H2,1-2H3. The first-order chi connectivity index (χ1) is 10.9. The number of hydrogen-bond donors (Lipinski definition) is 0. The van der Waals surface area contributed by atoms with E-state index in [0.29, 0.717) is 11.3 Å². The molecule has 0 aliphatic heterocycles. The zero-order valence-electron chi connectivity index (χ0n) is 13.5. The molecule has 2 nitrogen and oxygen atoms in total. The Hall–Kier alpha value is -1.78. The van der Waals surface area contributed by atoms with E-state index in [-0.39, 0.29) is 12.5 Å². The maximum absolute atomic E-state index is 13.6. The Kier molecular flexibility index (Phi) is 4.21. The molecule has 0 radical (unpaired) electrons. The summed E-state index contributed by atoms with van der Waals surface area (Å²) in [5.74, 6) is 0. The van der Waals surface area contributed by atoms with Gasteiger partial charge in [-0.1, -0.05) is 31.2 Å². The number of aromatic nitrogens is 2. The van der Waals surface area contributed by atoms with Crippen molar-refractivity contribution in [2.45, 2.75) is 58.2 Å². The maximum atomic E-state index is 13.6. The molecule has 3 rings (SSSR count). The lowest BCUT2D eigenvalue weighted by molar-refractivity contribution is -0.146. The first kappa shape index (κ1) is 16.1. The lowest BCUT2D eigenvalue weighted by Gasteiger charge is -2.28. The fourth-order valence-electron chi connectivity index (χ4n) is 3.09. The molecule has 0 amide bonds. The molecular formula is C18H21F3N2. The van der Waals surface area contributed by atoms with E-state index in [1.165, 1.54) is 10.2 Å². The summed E-state index contributed by atoms with van der Waals surface area (Å²) in [6.07, 6.45) is -0.613. The first-order valence-corrected chi connectivity index (χ1v) is 8.13. The number of alkyl halides is 3. The summed E-state index contributed by atoms with van der Waals surface area (Å²) < 4.78 is 42.0. The average molecular weight is 322 g/mol. The molecule has 1 aromatic carbocycles. The fourth-order valence-corrected chi connectivity index (χ4v) is 3.09. The van der Waals surface area contributed by atoms with Gasteiger partial charge in [-0.25, -0.2) is 0 Å². The molecule has 1 aliphatic carbocycles. The number of aryl methyl sites for hydroxylation is 2. The van der Waals surface area contributed by atoms with Crippen molar-refractivity contribution < 1.29 is 13.2 Å². The highest BCUT2D eigenvalue weighted by atomic mass is 19.4. The van der Waals surface area contributed by atoms with E-state index in [9.17, 15) is 13.2 Å². The van der Waals surface area contributed by atoms with Crippen LogP contribution in [-0.4, -0.2) is 9.78 Å². The van der Waals surface area contributed by atoms with Crippen LogP contribution in [0.4, 0.5) is 13.2 Å². The Balaban J connectivity index is 1.98. The van der Waals surface area contributed by atoms with Crippen molar-refractivity contribution in [2.75, 3.05) is 0 Å². The van der Waals surface area contributed by atoms with Gasteiger partial charge in [-0.3, -0.25) is 4.68 Å². The predicted octanol–water partition coefficient (Wildman–Crippen LogP) is 5.09. The smallest absolute Gasteiger partial charge is 0.257 e. The van der Waals surface area contributed by atoms with Gasteiger partial charge >= 0.3 is 6.18 Å². The third-order valence-corrected chi connectivity index (χ3v) is 4.71. The Bertz CT molecular complexity index is 680. The van der Waals surface area contributed by atoms with Crippen molar-refractivity contribution in [3.05, 3.63) is 52.3 Å². The normalized spacial score (nSPS) is 15.7. The second kappa shape index (κ2) is 6.02. The van der Waals surface area contributed by atoms with E-state index in [4.69, 9.17) is 0 Å². The molecule has 0 N–H and O–H groups in total. The van der Waals surface area contributed by atoms with Gasteiger partial charge in [-0.05, 0) is 43.7 Å². The monoisotopic (exact) mass is 322 g/mol. The van der Waals surface area contributed by atoms with Crippen LogP contribution in [0.5, 0.6) is 0 Å². The number of hydrogen-bond acceptors (Lipinski definition) is 1. The molecule has 0 saturated heterocycles. The summed E-state index contributed by atoms with van der Waals surface area (Å²) in [5.41, 5.74) is 2.33. The molecule has 1 aliphatic rings. The summed E-state index contributed by atoms with van der Waals surface area (Å²) in [6, 6.07) is 7.70. The fraction of sp³-hybridized carbons (Fsp3) is 0.500. The van der Waals surface area contributed by atoms with Crippen molar-refractivity contribution in [3.63, 3.8) is 0 Å². The minimum Gasteiger partial charge on any atom is -0.257 e. The van der Waals surface area contributed by atoms with Crippen LogP contribution in [0.2, 0.25) is 0 Å². The van der Waals surface area contributed by atoms with Crippen molar-refractivity contribution in [2.24, 2.45) is 0 Å².